The van der Waals surface area contributed by atoms with Crippen LogP contribution in [0.25, 0.3) is 0 Å². The van der Waals surface area contributed by atoms with Gasteiger partial charge in [0.05, 0.1) is 13.2 Å². The largest absolute Gasteiger partial charge is 0.480 e. The second kappa shape index (κ2) is 37.5. The van der Waals surface area contributed by atoms with Crippen molar-refractivity contribution in [2.45, 2.75) is 206 Å². The third kappa shape index (κ3) is 36.6. The zero-order chi connectivity index (χ0) is 40.0. The van der Waals surface area contributed by atoms with Gasteiger partial charge in [0.25, 0.3) is 0 Å². The Morgan fingerprint density at radius 3 is 1.35 bits per heavy atom. The van der Waals surface area contributed by atoms with Gasteiger partial charge in [-0.3, -0.25) is 23.4 Å². The highest BCUT2D eigenvalue weighted by molar-refractivity contribution is 7.47. The molecular weight excluding hydrogens is 709 g/mol. The molecule has 3 atom stereocenters. The third-order valence-electron chi connectivity index (χ3n) is 8.75. The molecule has 0 aromatic heterocycles. The van der Waals surface area contributed by atoms with Crippen LogP contribution in [-0.2, 0) is 37.5 Å². The Hall–Kier alpha value is -2.40. The number of hydrogen-bond acceptors (Lipinski definition) is 9. The molecule has 0 aromatic rings. The van der Waals surface area contributed by atoms with Crippen molar-refractivity contribution in [1.29, 1.82) is 0 Å². The molecule has 312 valence electrons. The monoisotopic (exact) mass is 784 g/mol. The number of aliphatic carboxylic acids is 1. The predicted octanol–water partition coefficient (Wildman–Crippen LogP) is 9.96. The molecular formula is C42H74NO10P. The van der Waals surface area contributed by atoms with E-state index in [1.807, 2.05) is 0 Å². The first-order valence-corrected chi connectivity index (χ1v) is 22.5. The van der Waals surface area contributed by atoms with Crippen LogP contribution in [0.15, 0.2) is 0 Å². The van der Waals surface area contributed by atoms with Gasteiger partial charge in [-0.2, -0.15) is 0 Å². The fourth-order valence-electron chi connectivity index (χ4n) is 5.48. The summed E-state index contributed by atoms with van der Waals surface area (Å²) in [5.74, 6) is 10.5. The summed E-state index contributed by atoms with van der Waals surface area (Å²) in [7, 11) is -4.72. The molecule has 0 aromatic carbocycles. The van der Waals surface area contributed by atoms with Crippen molar-refractivity contribution in [1.82, 2.24) is 0 Å². The molecule has 0 amide bonds. The van der Waals surface area contributed by atoms with E-state index in [0.29, 0.717) is 12.8 Å². The lowest BCUT2D eigenvalue weighted by molar-refractivity contribution is -0.161. The molecule has 0 fully saturated rings. The number of nitrogens with two attached hydrogens (primary N) is 1. The van der Waals surface area contributed by atoms with Crippen LogP contribution in [0.3, 0.4) is 0 Å². The molecule has 0 aliphatic carbocycles. The van der Waals surface area contributed by atoms with Gasteiger partial charge >= 0.3 is 25.7 Å². The molecule has 0 aliphatic rings. The Morgan fingerprint density at radius 1 is 0.556 bits per heavy atom. The van der Waals surface area contributed by atoms with E-state index in [0.717, 1.165) is 77.0 Å². The van der Waals surface area contributed by atoms with E-state index >= 15 is 0 Å². The maximum atomic E-state index is 12.6. The number of hydrogen-bond donors (Lipinski definition) is 3. The molecule has 11 nitrogen and oxygen atoms in total. The number of phosphoric acid groups is 1. The summed E-state index contributed by atoms with van der Waals surface area (Å²) in [6.07, 6.45) is 27.4. The smallest absolute Gasteiger partial charge is 0.472 e. The first-order chi connectivity index (χ1) is 26.1. The number of carbonyl (C=O) groups is 3. The lowest BCUT2D eigenvalue weighted by Gasteiger charge is -2.20. The van der Waals surface area contributed by atoms with Crippen molar-refractivity contribution < 1.29 is 47.5 Å². The number of carbonyl (C=O) groups excluding carboxylic acids is 2. The second-order valence-corrected chi connectivity index (χ2v) is 15.5. The van der Waals surface area contributed by atoms with E-state index in [4.69, 9.17) is 24.8 Å². The lowest BCUT2D eigenvalue weighted by Crippen LogP contribution is -2.34. The number of esters is 2. The van der Waals surface area contributed by atoms with E-state index in [-0.39, 0.29) is 19.4 Å². The van der Waals surface area contributed by atoms with Crippen molar-refractivity contribution in [2.75, 3.05) is 19.8 Å². The molecule has 0 spiro atoms. The van der Waals surface area contributed by atoms with Gasteiger partial charge < -0.3 is 25.2 Å². The summed E-state index contributed by atoms with van der Waals surface area (Å²) < 4.78 is 32.6. The third-order valence-corrected chi connectivity index (χ3v) is 9.70. The average Bonchev–Trinajstić information content (AvgIpc) is 3.14. The van der Waals surface area contributed by atoms with Crippen molar-refractivity contribution >= 4 is 25.7 Å². The van der Waals surface area contributed by atoms with Crippen molar-refractivity contribution in [3.05, 3.63) is 0 Å². The molecule has 0 saturated carbocycles. The standard InChI is InChI=1S/C42H74NO10P/c1-3-5-7-9-11-13-15-17-19-21-23-25-27-29-31-33-40(44)50-35-38(36-51-54(48,49)52-37-39(43)42(46)47)53-41(45)34-32-30-28-26-24-22-20-18-16-14-12-10-8-6-4-2/h38-39H,3-6,11-37,43H2,1-2H3,(H,46,47)(H,48,49)/t38-,39+/m1/s1. The van der Waals surface area contributed by atoms with Gasteiger partial charge in [-0.25, -0.2) is 4.57 Å². The molecule has 0 radical (unpaired) electrons. The quantitative estimate of drug-likeness (QED) is 0.0239. The topological polar surface area (TPSA) is 172 Å². The maximum Gasteiger partial charge on any atom is 0.472 e. The number of unbranched alkanes of at least 4 members (excludes halogenated alkanes) is 22. The number of carboxylic acids is 1. The van der Waals surface area contributed by atoms with Crippen molar-refractivity contribution in [2.24, 2.45) is 5.73 Å². The summed E-state index contributed by atoms with van der Waals surface area (Å²) in [4.78, 5) is 45.9. The van der Waals surface area contributed by atoms with Gasteiger partial charge in [0.2, 0.25) is 0 Å². The average molecular weight is 784 g/mol. The summed E-state index contributed by atoms with van der Waals surface area (Å²) >= 11 is 0. The van der Waals surface area contributed by atoms with Crippen LogP contribution in [-0.4, -0.2) is 59.9 Å². The highest BCUT2D eigenvalue weighted by Crippen LogP contribution is 2.43. The van der Waals surface area contributed by atoms with Crippen LogP contribution in [0.2, 0.25) is 0 Å². The minimum atomic E-state index is -4.72. The number of ether oxygens (including phenoxy) is 2. The number of phosphoric ester groups is 1. The van der Waals surface area contributed by atoms with Crippen LogP contribution in [0.5, 0.6) is 0 Å². The maximum absolute atomic E-state index is 12.6. The Balaban J connectivity index is 4.36. The summed E-state index contributed by atoms with van der Waals surface area (Å²) in [5.41, 5.74) is 5.33. The highest BCUT2D eigenvalue weighted by atomic mass is 31.2. The van der Waals surface area contributed by atoms with E-state index < -0.39 is 51.1 Å². The van der Waals surface area contributed by atoms with Crippen molar-refractivity contribution in [3.8, 4) is 23.7 Å². The Morgan fingerprint density at radius 2 is 0.926 bits per heavy atom. The molecule has 0 heterocycles. The lowest BCUT2D eigenvalue weighted by atomic mass is 10.1. The molecule has 1 unspecified atom stereocenters. The molecule has 0 rings (SSSR count). The normalized spacial score (nSPS) is 13.1. The SMILES string of the molecule is CCCC#CCCCCCCCCCCCCC(=O)OC[C@H](COP(=O)(O)OC[C@H](N)C(=O)O)OC(=O)CCCCCCCCCCCCC#CCCC. The molecule has 12 heteroatoms. The Labute approximate surface area is 327 Å². The first-order valence-electron chi connectivity index (χ1n) is 21.0. The molecule has 54 heavy (non-hydrogen) atoms. The van der Waals surface area contributed by atoms with Crippen molar-refractivity contribution in [3.63, 3.8) is 0 Å². The second-order valence-electron chi connectivity index (χ2n) is 14.1. The van der Waals surface area contributed by atoms with Gasteiger partial charge in [0.15, 0.2) is 6.10 Å². The minimum absolute atomic E-state index is 0.153. The Kier molecular flexibility index (Phi) is 35.9. The zero-order valence-electron chi connectivity index (χ0n) is 33.8. The number of rotatable bonds is 36. The van der Waals surface area contributed by atoms with E-state index in [1.165, 1.54) is 77.0 Å². The van der Waals surface area contributed by atoms with E-state index in [9.17, 15) is 23.8 Å². The molecule has 0 bridgehead atoms. The fraction of sp³-hybridized carbons (Fsp3) is 0.833. The highest BCUT2D eigenvalue weighted by Gasteiger charge is 2.28. The van der Waals surface area contributed by atoms with Gasteiger partial charge in [0.1, 0.15) is 12.6 Å². The minimum Gasteiger partial charge on any atom is -0.480 e. The van der Waals surface area contributed by atoms with E-state index in [2.05, 4.69) is 42.1 Å². The van der Waals surface area contributed by atoms with Gasteiger partial charge in [0, 0.05) is 38.5 Å². The van der Waals surface area contributed by atoms with Crippen LogP contribution in [0.1, 0.15) is 194 Å². The van der Waals surface area contributed by atoms with Gasteiger partial charge in [-0.1, -0.05) is 117 Å². The first kappa shape index (κ1) is 51.6. The molecule has 4 N–H and O–H groups in total. The predicted molar refractivity (Wildman–Crippen MR) is 214 cm³/mol. The summed E-state index contributed by atoms with van der Waals surface area (Å²) in [6.45, 7) is 2.59. The summed E-state index contributed by atoms with van der Waals surface area (Å²) in [6, 6.07) is -1.52. The summed E-state index contributed by atoms with van der Waals surface area (Å²) in [5, 5.41) is 8.88. The van der Waals surface area contributed by atoms with Gasteiger partial charge in [-0.15, -0.1) is 23.7 Å². The van der Waals surface area contributed by atoms with E-state index in [1.54, 1.807) is 0 Å². The number of carboxylic acid groups (broad SMARTS) is 1. The van der Waals surface area contributed by atoms with Gasteiger partial charge in [-0.05, 0) is 38.5 Å². The Bertz CT molecular complexity index is 1130. The molecule has 0 saturated heterocycles. The van der Waals surface area contributed by atoms with Crippen LogP contribution in [0, 0.1) is 23.7 Å². The zero-order valence-corrected chi connectivity index (χ0v) is 34.7. The fourth-order valence-corrected chi connectivity index (χ4v) is 6.26. The van der Waals surface area contributed by atoms with Crippen LogP contribution >= 0.6 is 7.82 Å². The van der Waals surface area contributed by atoms with Crippen LogP contribution < -0.4 is 5.73 Å². The van der Waals surface area contributed by atoms with Crippen LogP contribution in [0.4, 0.5) is 0 Å². The molecule has 0 aliphatic heterocycles.